The molecule has 0 saturated carbocycles. The third-order valence-corrected chi connectivity index (χ3v) is 3.06. The normalized spacial score (nSPS) is 13.7. The average molecular weight is 256 g/mol. The molecule has 1 atom stereocenters. The van der Waals surface area contributed by atoms with Crippen molar-refractivity contribution in [2.24, 2.45) is 0 Å². The molecule has 2 N–H and O–H groups in total. The van der Waals surface area contributed by atoms with Crippen LogP contribution in [-0.2, 0) is 0 Å². The molecule has 0 aliphatic heterocycles. The van der Waals surface area contributed by atoms with E-state index in [1.54, 1.807) is 0 Å². The van der Waals surface area contributed by atoms with Crippen molar-refractivity contribution in [3.63, 3.8) is 0 Å². The smallest absolute Gasteiger partial charge is 0.0608 e. The van der Waals surface area contributed by atoms with Gasteiger partial charge in [0.2, 0.25) is 0 Å². The average Bonchev–Trinajstić information content (AvgIpc) is 2.29. The molecule has 96 valence electrons. The summed E-state index contributed by atoms with van der Waals surface area (Å²) >= 11 is 5.89. The second-order valence-electron chi connectivity index (χ2n) is 5.08. The number of rotatable bonds is 6. The highest BCUT2D eigenvalue weighted by Gasteiger charge is 2.21. The van der Waals surface area contributed by atoms with Crippen molar-refractivity contribution in [3.8, 4) is 0 Å². The van der Waals surface area contributed by atoms with E-state index in [0.717, 1.165) is 17.9 Å². The first-order valence-corrected chi connectivity index (χ1v) is 6.50. The lowest BCUT2D eigenvalue weighted by Gasteiger charge is -2.30. The summed E-state index contributed by atoms with van der Waals surface area (Å²) in [6, 6.07) is 8.17. The SMILES string of the molecule is CCCC(NC(C)(C)CO)c1ccc(Cl)cc1. The molecule has 0 amide bonds. The minimum Gasteiger partial charge on any atom is -0.394 e. The predicted octanol–water partition coefficient (Wildman–Crippen LogP) is 3.54. The van der Waals surface area contributed by atoms with Gasteiger partial charge in [0.05, 0.1) is 6.61 Å². The summed E-state index contributed by atoms with van der Waals surface area (Å²) in [7, 11) is 0. The van der Waals surface area contributed by atoms with Gasteiger partial charge >= 0.3 is 0 Å². The molecule has 0 aliphatic rings. The molecule has 3 heteroatoms. The van der Waals surface area contributed by atoms with Gasteiger partial charge in [0, 0.05) is 16.6 Å². The molecular weight excluding hydrogens is 234 g/mol. The van der Waals surface area contributed by atoms with Crippen LogP contribution in [0, 0.1) is 0 Å². The molecule has 1 rings (SSSR count). The molecule has 0 radical (unpaired) electrons. The van der Waals surface area contributed by atoms with Crippen LogP contribution in [0.2, 0.25) is 5.02 Å². The van der Waals surface area contributed by atoms with Gasteiger partial charge in [-0.1, -0.05) is 37.1 Å². The summed E-state index contributed by atoms with van der Waals surface area (Å²) in [5.74, 6) is 0. The second kappa shape index (κ2) is 6.39. The van der Waals surface area contributed by atoms with Gasteiger partial charge in [-0.3, -0.25) is 0 Å². The molecule has 0 aromatic heterocycles. The van der Waals surface area contributed by atoms with Crippen molar-refractivity contribution in [3.05, 3.63) is 34.9 Å². The van der Waals surface area contributed by atoms with Gasteiger partial charge in [0.25, 0.3) is 0 Å². The minimum absolute atomic E-state index is 0.126. The van der Waals surface area contributed by atoms with Crippen LogP contribution >= 0.6 is 11.6 Å². The van der Waals surface area contributed by atoms with Crippen LogP contribution < -0.4 is 5.32 Å². The number of aliphatic hydroxyl groups excluding tert-OH is 1. The van der Waals surface area contributed by atoms with Gasteiger partial charge < -0.3 is 10.4 Å². The summed E-state index contributed by atoms with van der Waals surface area (Å²) in [6.45, 7) is 6.30. The molecule has 0 spiro atoms. The van der Waals surface area contributed by atoms with Crippen molar-refractivity contribution in [1.82, 2.24) is 5.32 Å². The predicted molar refractivity (Wildman–Crippen MR) is 73.4 cm³/mol. The fourth-order valence-electron chi connectivity index (χ4n) is 1.82. The molecular formula is C14H22ClNO. The van der Waals surface area contributed by atoms with E-state index in [0.29, 0.717) is 0 Å². The summed E-state index contributed by atoms with van der Waals surface area (Å²) in [4.78, 5) is 0. The highest BCUT2D eigenvalue weighted by atomic mass is 35.5. The van der Waals surface area contributed by atoms with E-state index in [9.17, 15) is 5.11 Å². The van der Waals surface area contributed by atoms with E-state index in [2.05, 4.69) is 12.2 Å². The Labute approximate surface area is 109 Å². The number of hydrogen-bond donors (Lipinski definition) is 2. The zero-order chi connectivity index (χ0) is 12.9. The van der Waals surface area contributed by atoms with Gasteiger partial charge in [-0.2, -0.15) is 0 Å². The Hall–Kier alpha value is -0.570. The lowest BCUT2D eigenvalue weighted by molar-refractivity contribution is 0.172. The van der Waals surface area contributed by atoms with Crippen LogP contribution in [-0.4, -0.2) is 17.3 Å². The molecule has 1 unspecified atom stereocenters. The monoisotopic (exact) mass is 255 g/mol. The molecule has 0 fully saturated rings. The molecule has 0 saturated heterocycles. The topological polar surface area (TPSA) is 32.3 Å². The summed E-state index contributed by atoms with van der Waals surface area (Å²) < 4.78 is 0. The first-order valence-electron chi connectivity index (χ1n) is 6.12. The van der Waals surface area contributed by atoms with Crippen molar-refractivity contribution in [2.45, 2.75) is 45.2 Å². The van der Waals surface area contributed by atoms with Crippen LogP contribution in [0.3, 0.4) is 0 Å². The highest BCUT2D eigenvalue weighted by Crippen LogP contribution is 2.23. The number of benzene rings is 1. The molecule has 17 heavy (non-hydrogen) atoms. The van der Waals surface area contributed by atoms with E-state index >= 15 is 0 Å². The Kier molecular flexibility index (Phi) is 5.44. The third kappa shape index (κ3) is 4.66. The quantitative estimate of drug-likeness (QED) is 0.815. The molecule has 1 aromatic rings. The lowest BCUT2D eigenvalue weighted by atomic mass is 9.97. The van der Waals surface area contributed by atoms with Crippen molar-refractivity contribution >= 4 is 11.6 Å². The first kappa shape index (κ1) is 14.5. The van der Waals surface area contributed by atoms with Crippen molar-refractivity contribution < 1.29 is 5.11 Å². The Balaban J connectivity index is 2.81. The lowest BCUT2D eigenvalue weighted by Crippen LogP contribution is -2.44. The van der Waals surface area contributed by atoms with Gasteiger partial charge in [-0.05, 0) is 38.0 Å². The van der Waals surface area contributed by atoms with E-state index < -0.39 is 0 Å². The molecule has 0 aliphatic carbocycles. The number of nitrogens with one attached hydrogen (secondary N) is 1. The molecule has 0 heterocycles. The zero-order valence-corrected chi connectivity index (χ0v) is 11.6. The Morgan fingerprint density at radius 3 is 2.35 bits per heavy atom. The number of hydrogen-bond acceptors (Lipinski definition) is 2. The van der Waals surface area contributed by atoms with Crippen LogP contribution in [0.15, 0.2) is 24.3 Å². The third-order valence-electron chi connectivity index (χ3n) is 2.81. The van der Waals surface area contributed by atoms with Gasteiger partial charge in [0.15, 0.2) is 0 Å². The van der Waals surface area contributed by atoms with Crippen LogP contribution in [0.4, 0.5) is 0 Å². The maximum absolute atomic E-state index is 9.32. The van der Waals surface area contributed by atoms with Gasteiger partial charge in [0.1, 0.15) is 0 Å². The largest absolute Gasteiger partial charge is 0.394 e. The summed E-state index contributed by atoms with van der Waals surface area (Å²) in [5.41, 5.74) is 0.956. The van der Waals surface area contributed by atoms with Crippen LogP contribution in [0.5, 0.6) is 0 Å². The van der Waals surface area contributed by atoms with Crippen molar-refractivity contribution in [2.75, 3.05) is 6.61 Å². The van der Waals surface area contributed by atoms with Crippen LogP contribution in [0.1, 0.15) is 45.2 Å². The van der Waals surface area contributed by atoms with Gasteiger partial charge in [-0.15, -0.1) is 0 Å². The Morgan fingerprint density at radius 1 is 1.29 bits per heavy atom. The summed E-state index contributed by atoms with van der Waals surface area (Å²) in [5, 5.41) is 13.6. The number of aliphatic hydroxyl groups is 1. The fourth-order valence-corrected chi connectivity index (χ4v) is 1.95. The van der Waals surface area contributed by atoms with Crippen LogP contribution in [0.25, 0.3) is 0 Å². The maximum atomic E-state index is 9.32. The fraction of sp³-hybridized carbons (Fsp3) is 0.571. The number of halogens is 1. The molecule has 2 nitrogen and oxygen atoms in total. The van der Waals surface area contributed by atoms with E-state index in [1.807, 2.05) is 38.1 Å². The Bertz CT molecular complexity index is 335. The Morgan fingerprint density at radius 2 is 1.88 bits per heavy atom. The first-order chi connectivity index (χ1) is 7.98. The van der Waals surface area contributed by atoms with Crippen molar-refractivity contribution in [1.29, 1.82) is 0 Å². The molecule has 1 aromatic carbocycles. The summed E-state index contributed by atoms with van der Waals surface area (Å²) in [6.07, 6.45) is 2.15. The molecule has 0 bridgehead atoms. The highest BCUT2D eigenvalue weighted by molar-refractivity contribution is 6.30. The van der Waals surface area contributed by atoms with Gasteiger partial charge in [-0.25, -0.2) is 0 Å². The minimum atomic E-state index is -0.264. The van der Waals surface area contributed by atoms with E-state index in [-0.39, 0.29) is 18.2 Å². The standard InChI is InChI=1S/C14H22ClNO/c1-4-5-13(16-14(2,3)10-17)11-6-8-12(15)9-7-11/h6-9,13,16-17H,4-5,10H2,1-3H3. The van der Waals surface area contributed by atoms with E-state index in [1.165, 1.54) is 5.56 Å². The second-order valence-corrected chi connectivity index (χ2v) is 5.52. The maximum Gasteiger partial charge on any atom is 0.0608 e. The van der Waals surface area contributed by atoms with E-state index in [4.69, 9.17) is 11.6 Å². The zero-order valence-electron chi connectivity index (χ0n) is 10.8.